The molecule has 3 rings (SSSR count). The van der Waals surface area contributed by atoms with Crippen molar-refractivity contribution in [2.75, 3.05) is 18.6 Å². The van der Waals surface area contributed by atoms with Gasteiger partial charge >= 0.3 is 12.1 Å². The van der Waals surface area contributed by atoms with E-state index in [0.29, 0.717) is 38.8 Å². The number of anilines is 1. The first-order valence-electron chi connectivity index (χ1n) is 8.19. The molecule has 0 bridgehead atoms. The van der Waals surface area contributed by atoms with Gasteiger partial charge < -0.3 is 14.1 Å². The number of hydrogen-bond acceptors (Lipinski definition) is 4. The molecule has 27 heavy (non-hydrogen) atoms. The molecule has 8 heteroatoms. The SMILES string of the molecule is CCN(C(=O)C(F)(F)F)c1cc(C)c2oc(-c3cccc(OC)c3)nc2c1. The topological polar surface area (TPSA) is 55.6 Å². The number of amides is 1. The van der Waals surface area contributed by atoms with Crippen molar-refractivity contribution >= 4 is 22.7 Å². The molecule has 1 heterocycles. The predicted molar refractivity (Wildman–Crippen MR) is 94.8 cm³/mol. The van der Waals surface area contributed by atoms with Gasteiger partial charge in [0.15, 0.2) is 5.58 Å². The van der Waals surface area contributed by atoms with E-state index < -0.39 is 12.1 Å². The van der Waals surface area contributed by atoms with Gasteiger partial charge in [-0.1, -0.05) is 6.07 Å². The zero-order valence-electron chi connectivity index (χ0n) is 14.9. The number of oxazole rings is 1. The molecule has 0 fully saturated rings. The van der Waals surface area contributed by atoms with Gasteiger partial charge in [0.05, 0.1) is 7.11 Å². The van der Waals surface area contributed by atoms with Gasteiger partial charge in [-0.3, -0.25) is 4.79 Å². The average Bonchev–Trinajstić information content (AvgIpc) is 3.06. The van der Waals surface area contributed by atoms with E-state index >= 15 is 0 Å². The number of carbonyl (C=O) groups excluding carboxylic acids is 1. The summed E-state index contributed by atoms with van der Waals surface area (Å²) in [5, 5.41) is 0. The van der Waals surface area contributed by atoms with Gasteiger partial charge in [-0.25, -0.2) is 4.98 Å². The third-order valence-electron chi connectivity index (χ3n) is 4.09. The van der Waals surface area contributed by atoms with Crippen LogP contribution in [0.5, 0.6) is 5.75 Å². The first-order valence-corrected chi connectivity index (χ1v) is 8.19. The van der Waals surface area contributed by atoms with Crippen molar-refractivity contribution in [2.45, 2.75) is 20.0 Å². The number of ether oxygens (including phenoxy) is 1. The predicted octanol–water partition coefficient (Wildman–Crippen LogP) is 4.73. The van der Waals surface area contributed by atoms with Crippen molar-refractivity contribution in [3.63, 3.8) is 0 Å². The number of halogens is 3. The smallest absolute Gasteiger partial charge is 0.471 e. The highest BCUT2D eigenvalue weighted by Crippen LogP contribution is 2.32. The maximum Gasteiger partial charge on any atom is 0.471 e. The lowest BCUT2D eigenvalue weighted by Gasteiger charge is -2.22. The highest BCUT2D eigenvalue weighted by molar-refractivity contribution is 5.99. The monoisotopic (exact) mass is 378 g/mol. The van der Waals surface area contributed by atoms with Crippen LogP contribution in [0.25, 0.3) is 22.6 Å². The average molecular weight is 378 g/mol. The molecule has 0 aliphatic carbocycles. The van der Waals surface area contributed by atoms with E-state index in [9.17, 15) is 18.0 Å². The lowest BCUT2D eigenvalue weighted by molar-refractivity contribution is -0.170. The second kappa shape index (κ2) is 6.94. The van der Waals surface area contributed by atoms with Gasteiger partial charge in [0.2, 0.25) is 5.89 Å². The van der Waals surface area contributed by atoms with Crippen molar-refractivity contribution in [3.05, 3.63) is 42.0 Å². The van der Waals surface area contributed by atoms with E-state index in [4.69, 9.17) is 9.15 Å². The van der Waals surface area contributed by atoms with Crippen LogP contribution >= 0.6 is 0 Å². The Morgan fingerprint density at radius 3 is 2.63 bits per heavy atom. The number of methoxy groups -OCH3 is 1. The van der Waals surface area contributed by atoms with Gasteiger partial charge in [-0.05, 0) is 49.7 Å². The molecular weight excluding hydrogens is 361 g/mol. The highest BCUT2D eigenvalue weighted by Gasteiger charge is 2.42. The molecule has 0 saturated carbocycles. The Balaban J connectivity index is 2.07. The molecule has 0 aliphatic heterocycles. The first kappa shape index (κ1) is 18.8. The largest absolute Gasteiger partial charge is 0.497 e. The van der Waals surface area contributed by atoms with E-state index in [1.807, 2.05) is 0 Å². The fraction of sp³-hybridized carbons (Fsp3) is 0.263. The Bertz CT molecular complexity index is 996. The molecule has 0 unspecified atom stereocenters. The Labute approximate surface area is 153 Å². The molecular formula is C19H17F3N2O3. The molecule has 1 aromatic heterocycles. The summed E-state index contributed by atoms with van der Waals surface area (Å²) in [6.07, 6.45) is -4.95. The fourth-order valence-corrected chi connectivity index (χ4v) is 2.81. The summed E-state index contributed by atoms with van der Waals surface area (Å²) in [6.45, 7) is 3.05. The van der Waals surface area contributed by atoms with Gasteiger partial charge in [0.1, 0.15) is 11.3 Å². The molecule has 142 valence electrons. The van der Waals surface area contributed by atoms with Crippen LogP contribution in [-0.4, -0.2) is 30.7 Å². The van der Waals surface area contributed by atoms with Crippen molar-refractivity contribution in [3.8, 4) is 17.2 Å². The third-order valence-corrected chi connectivity index (χ3v) is 4.09. The van der Waals surface area contributed by atoms with Crippen LogP contribution in [0.3, 0.4) is 0 Å². The summed E-state index contributed by atoms with van der Waals surface area (Å²) in [5.41, 5.74) is 2.20. The van der Waals surface area contributed by atoms with Gasteiger partial charge in [-0.2, -0.15) is 13.2 Å². The summed E-state index contributed by atoms with van der Waals surface area (Å²) >= 11 is 0. The molecule has 0 N–H and O–H groups in total. The number of nitrogens with zero attached hydrogens (tertiary/aromatic N) is 2. The van der Waals surface area contributed by atoms with Crippen molar-refractivity contribution in [1.29, 1.82) is 0 Å². The zero-order valence-corrected chi connectivity index (χ0v) is 14.9. The number of aryl methyl sites for hydroxylation is 1. The fourth-order valence-electron chi connectivity index (χ4n) is 2.81. The normalized spacial score (nSPS) is 11.6. The second-order valence-electron chi connectivity index (χ2n) is 5.91. The molecule has 1 amide bonds. The van der Waals surface area contributed by atoms with Crippen LogP contribution in [0.2, 0.25) is 0 Å². The minimum absolute atomic E-state index is 0.121. The molecule has 0 aliphatic rings. The second-order valence-corrected chi connectivity index (χ2v) is 5.91. The van der Waals surface area contributed by atoms with Crippen molar-refractivity contribution < 1.29 is 27.1 Å². The Morgan fingerprint density at radius 2 is 2.00 bits per heavy atom. The van der Waals surface area contributed by atoms with Crippen LogP contribution in [0, 0.1) is 6.92 Å². The van der Waals surface area contributed by atoms with Crippen LogP contribution < -0.4 is 9.64 Å². The quantitative estimate of drug-likeness (QED) is 0.659. The summed E-state index contributed by atoms with van der Waals surface area (Å²) in [5.74, 6) is -0.977. The Kier molecular flexibility index (Phi) is 4.82. The van der Waals surface area contributed by atoms with E-state index in [1.165, 1.54) is 19.1 Å². The number of benzene rings is 2. The maximum absolute atomic E-state index is 12.8. The molecule has 0 spiro atoms. The van der Waals surface area contributed by atoms with Crippen LogP contribution in [0.4, 0.5) is 18.9 Å². The van der Waals surface area contributed by atoms with Gasteiger partial charge in [-0.15, -0.1) is 0 Å². The van der Waals surface area contributed by atoms with Gasteiger partial charge in [0, 0.05) is 17.8 Å². The summed E-state index contributed by atoms with van der Waals surface area (Å²) in [4.78, 5) is 16.7. The molecule has 2 aromatic carbocycles. The Hall–Kier alpha value is -3.03. The summed E-state index contributed by atoms with van der Waals surface area (Å²) in [6, 6.07) is 9.99. The van der Waals surface area contributed by atoms with Crippen molar-refractivity contribution in [1.82, 2.24) is 4.98 Å². The Morgan fingerprint density at radius 1 is 1.26 bits per heavy atom. The van der Waals surface area contributed by atoms with E-state index in [0.717, 1.165) is 0 Å². The number of fused-ring (bicyclic) bond motifs is 1. The number of carbonyl (C=O) groups is 1. The number of aromatic nitrogens is 1. The molecule has 0 atom stereocenters. The summed E-state index contributed by atoms with van der Waals surface area (Å²) < 4.78 is 49.5. The number of alkyl halides is 3. The lowest BCUT2D eigenvalue weighted by atomic mass is 10.1. The van der Waals surface area contributed by atoms with E-state index in [1.54, 1.807) is 38.3 Å². The van der Waals surface area contributed by atoms with Crippen molar-refractivity contribution in [2.24, 2.45) is 0 Å². The molecule has 3 aromatic rings. The number of rotatable bonds is 4. The zero-order chi connectivity index (χ0) is 19.8. The number of hydrogen-bond donors (Lipinski definition) is 0. The van der Waals surface area contributed by atoms with Crippen LogP contribution in [0.15, 0.2) is 40.8 Å². The minimum Gasteiger partial charge on any atom is -0.497 e. The molecule has 0 saturated heterocycles. The van der Waals surface area contributed by atoms with Gasteiger partial charge in [0.25, 0.3) is 0 Å². The minimum atomic E-state index is -4.95. The van der Waals surface area contributed by atoms with E-state index in [2.05, 4.69) is 4.98 Å². The third kappa shape index (κ3) is 3.60. The maximum atomic E-state index is 12.8. The standard InChI is InChI=1S/C19H17F3N2O3/c1-4-24(18(25)19(20,21)22)13-8-11(2)16-15(10-13)23-17(27-16)12-6-5-7-14(9-12)26-3/h5-10H,4H2,1-3H3. The van der Waals surface area contributed by atoms with Crippen LogP contribution in [-0.2, 0) is 4.79 Å². The van der Waals surface area contributed by atoms with E-state index in [-0.39, 0.29) is 12.2 Å². The highest BCUT2D eigenvalue weighted by atomic mass is 19.4. The van der Waals surface area contributed by atoms with Crippen LogP contribution in [0.1, 0.15) is 12.5 Å². The first-order chi connectivity index (χ1) is 12.7. The lowest BCUT2D eigenvalue weighted by Crippen LogP contribution is -2.41. The summed E-state index contributed by atoms with van der Waals surface area (Å²) in [7, 11) is 1.54. The molecule has 0 radical (unpaired) electrons. The molecule has 5 nitrogen and oxygen atoms in total.